The molecule has 0 saturated heterocycles. The van der Waals surface area contributed by atoms with Gasteiger partial charge in [-0.15, -0.1) is 0 Å². The van der Waals surface area contributed by atoms with E-state index < -0.39 is 0 Å². The Bertz CT molecular complexity index is 35.2. The standard InChI is InChI=1S/C6H12S/c1-3-6(2)4-5-7/h6H,2-5H2,1H3. The van der Waals surface area contributed by atoms with Crippen LogP contribution in [0.4, 0.5) is 0 Å². The Balaban J connectivity index is 2.83. The van der Waals surface area contributed by atoms with Crippen LogP contribution in [-0.4, -0.2) is 5.75 Å². The average Bonchev–Trinajstić information content (AvgIpc) is 1.68. The molecule has 0 N–H and O–H groups in total. The molecule has 0 fully saturated rings. The van der Waals surface area contributed by atoms with E-state index in [1.807, 2.05) is 0 Å². The van der Waals surface area contributed by atoms with Gasteiger partial charge in [0.05, 0.1) is 0 Å². The molecule has 0 spiro atoms. The molecule has 2 radical (unpaired) electrons. The van der Waals surface area contributed by atoms with Gasteiger partial charge in [-0.25, -0.2) is 0 Å². The van der Waals surface area contributed by atoms with Gasteiger partial charge in [0, 0.05) is 5.75 Å². The van der Waals surface area contributed by atoms with Crippen LogP contribution in [0.1, 0.15) is 19.8 Å². The van der Waals surface area contributed by atoms with Crippen LogP contribution in [0.3, 0.4) is 0 Å². The fraction of sp³-hybridized carbons (Fsp3) is 0.833. The van der Waals surface area contributed by atoms with Crippen molar-refractivity contribution < 1.29 is 0 Å². The summed E-state index contributed by atoms with van der Waals surface area (Å²) in [6.45, 7) is 6.02. The summed E-state index contributed by atoms with van der Waals surface area (Å²) in [7, 11) is 0. The molecule has 1 unspecified atom stereocenters. The van der Waals surface area contributed by atoms with Crippen molar-refractivity contribution in [3.63, 3.8) is 0 Å². The third kappa shape index (κ3) is 4.20. The van der Waals surface area contributed by atoms with E-state index in [9.17, 15) is 0 Å². The molecular weight excluding hydrogens is 104 g/mol. The maximum Gasteiger partial charge on any atom is 0.00395 e. The Labute approximate surface area is 51.7 Å². The summed E-state index contributed by atoms with van der Waals surface area (Å²) in [6, 6.07) is 0. The summed E-state index contributed by atoms with van der Waals surface area (Å²) in [4.78, 5) is 0. The van der Waals surface area contributed by atoms with Crippen LogP contribution in [0.25, 0.3) is 0 Å². The number of hydrogen-bond donors (Lipinski definition) is 0. The Hall–Kier alpha value is 0.350. The molecule has 0 aromatic heterocycles. The first kappa shape index (κ1) is 7.35. The van der Waals surface area contributed by atoms with E-state index in [0.29, 0.717) is 5.92 Å². The monoisotopic (exact) mass is 116 g/mol. The SMILES string of the molecule is [CH2]C(CC)CC[S]. The molecule has 0 aromatic rings. The topological polar surface area (TPSA) is 0 Å². The van der Waals surface area contributed by atoms with Crippen LogP contribution in [0.2, 0.25) is 0 Å². The summed E-state index contributed by atoms with van der Waals surface area (Å²) in [5, 5.41) is 0. The van der Waals surface area contributed by atoms with Crippen molar-refractivity contribution in [2.45, 2.75) is 19.8 Å². The van der Waals surface area contributed by atoms with Crippen LogP contribution in [0.5, 0.6) is 0 Å². The quantitative estimate of drug-likeness (QED) is 0.531. The van der Waals surface area contributed by atoms with E-state index in [1.165, 1.54) is 0 Å². The van der Waals surface area contributed by atoms with Gasteiger partial charge >= 0.3 is 0 Å². The summed E-state index contributed by atoms with van der Waals surface area (Å²) in [5.74, 6) is 1.46. The lowest BCUT2D eigenvalue weighted by Crippen LogP contribution is -1.91. The van der Waals surface area contributed by atoms with Crippen molar-refractivity contribution in [2.24, 2.45) is 5.92 Å². The normalized spacial score (nSPS) is 14.1. The molecule has 0 saturated carbocycles. The smallest absolute Gasteiger partial charge is 0.00395 e. The second-order valence-corrected chi connectivity index (χ2v) is 2.18. The van der Waals surface area contributed by atoms with Gasteiger partial charge in [0.1, 0.15) is 0 Å². The molecular formula is C6H12S. The van der Waals surface area contributed by atoms with Crippen LogP contribution < -0.4 is 0 Å². The van der Waals surface area contributed by atoms with E-state index in [1.54, 1.807) is 0 Å². The fourth-order valence-electron chi connectivity index (χ4n) is 0.371. The second kappa shape index (κ2) is 4.51. The van der Waals surface area contributed by atoms with E-state index in [2.05, 4.69) is 13.8 Å². The van der Waals surface area contributed by atoms with E-state index in [-0.39, 0.29) is 0 Å². The van der Waals surface area contributed by atoms with Gasteiger partial charge in [0.2, 0.25) is 0 Å². The molecule has 1 atom stereocenters. The van der Waals surface area contributed by atoms with Crippen LogP contribution >= 0.6 is 12.6 Å². The lowest BCUT2D eigenvalue weighted by molar-refractivity contribution is 0.608. The highest BCUT2D eigenvalue weighted by Gasteiger charge is 1.93. The summed E-state index contributed by atoms with van der Waals surface area (Å²) in [6.07, 6.45) is 2.27. The molecule has 0 aromatic carbocycles. The van der Waals surface area contributed by atoms with Gasteiger partial charge in [-0.2, -0.15) is 0 Å². The largest absolute Gasteiger partial charge is 0.0941 e. The number of rotatable bonds is 3. The predicted octanol–water partition coefficient (Wildman–Crippen LogP) is 2.43. The van der Waals surface area contributed by atoms with Crippen LogP contribution in [-0.2, 0) is 0 Å². The molecule has 0 aliphatic carbocycles. The molecule has 0 heterocycles. The minimum Gasteiger partial charge on any atom is -0.0941 e. The molecule has 0 bridgehead atoms. The molecule has 0 aliphatic rings. The minimum absolute atomic E-state index is 0.595. The van der Waals surface area contributed by atoms with Gasteiger partial charge < -0.3 is 0 Å². The van der Waals surface area contributed by atoms with Crippen molar-refractivity contribution >= 4 is 12.6 Å². The maximum absolute atomic E-state index is 4.75. The van der Waals surface area contributed by atoms with E-state index >= 15 is 0 Å². The Morgan fingerprint density at radius 2 is 2.29 bits per heavy atom. The first-order valence-corrected chi connectivity index (χ1v) is 3.30. The van der Waals surface area contributed by atoms with E-state index in [4.69, 9.17) is 12.6 Å². The summed E-state index contributed by atoms with van der Waals surface area (Å²) >= 11 is 4.75. The molecule has 1 heteroatoms. The summed E-state index contributed by atoms with van der Waals surface area (Å²) < 4.78 is 0. The lowest BCUT2D eigenvalue weighted by Gasteiger charge is -2.01. The molecule has 0 amide bonds. The molecule has 42 valence electrons. The predicted molar refractivity (Wildman–Crippen MR) is 36.2 cm³/mol. The Morgan fingerprint density at radius 1 is 1.71 bits per heavy atom. The van der Waals surface area contributed by atoms with Crippen molar-refractivity contribution in [1.82, 2.24) is 0 Å². The highest BCUT2D eigenvalue weighted by molar-refractivity contribution is 7.80. The molecule has 0 rings (SSSR count). The highest BCUT2D eigenvalue weighted by Crippen LogP contribution is 2.05. The highest BCUT2D eigenvalue weighted by atomic mass is 32.1. The second-order valence-electron chi connectivity index (χ2n) is 1.77. The van der Waals surface area contributed by atoms with Gasteiger partial charge in [0.25, 0.3) is 0 Å². The van der Waals surface area contributed by atoms with Crippen molar-refractivity contribution in [3.8, 4) is 0 Å². The van der Waals surface area contributed by atoms with Crippen LogP contribution in [0, 0.1) is 12.8 Å². The van der Waals surface area contributed by atoms with Gasteiger partial charge in [-0.1, -0.05) is 32.9 Å². The van der Waals surface area contributed by atoms with Gasteiger partial charge in [0.15, 0.2) is 0 Å². The zero-order valence-electron chi connectivity index (χ0n) is 4.81. The first-order valence-electron chi connectivity index (χ1n) is 2.72. The third-order valence-electron chi connectivity index (χ3n) is 1.10. The lowest BCUT2D eigenvalue weighted by atomic mass is 10.1. The van der Waals surface area contributed by atoms with Crippen molar-refractivity contribution in [3.05, 3.63) is 6.92 Å². The minimum atomic E-state index is 0.595. The maximum atomic E-state index is 4.75. The van der Waals surface area contributed by atoms with Crippen molar-refractivity contribution in [2.75, 3.05) is 5.75 Å². The van der Waals surface area contributed by atoms with Gasteiger partial charge in [-0.05, 0) is 12.3 Å². The average molecular weight is 116 g/mol. The Morgan fingerprint density at radius 3 is 2.43 bits per heavy atom. The van der Waals surface area contributed by atoms with Crippen LogP contribution in [0.15, 0.2) is 0 Å². The molecule has 7 heavy (non-hydrogen) atoms. The molecule has 0 nitrogen and oxygen atoms in total. The number of hydrogen-bond acceptors (Lipinski definition) is 0. The van der Waals surface area contributed by atoms with Crippen molar-refractivity contribution in [1.29, 1.82) is 0 Å². The Kier molecular flexibility index (Phi) is 4.73. The third-order valence-corrected chi connectivity index (χ3v) is 1.34. The fourth-order valence-corrected chi connectivity index (χ4v) is 0.704. The van der Waals surface area contributed by atoms with Gasteiger partial charge in [-0.3, -0.25) is 0 Å². The first-order chi connectivity index (χ1) is 3.31. The summed E-state index contributed by atoms with van der Waals surface area (Å²) in [5.41, 5.74) is 0. The molecule has 0 aliphatic heterocycles. The van der Waals surface area contributed by atoms with E-state index in [0.717, 1.165) is 18.6 Å². The zero-order valence-corrected chi connectivity index (χ0v) is 5.63. The zero-order chi connectivity index (χ0) is 5.70.